The average molecular weight is 144 g/mol. The highest BCUT2D eigenvalue weighted by Gasteiger charge is 2.24. The highest BCUT2D eigenvalue weighted by molar-refractivity contribution is 5.94. The Morgan fingerprint density at radius 3 is 2.70 bits per heavy atom. The van der Waals surface area contributed by atoms with E-state index >= 15 is 0 Å². The molecule has 0 spiro atoms. The molecule has 10 heavy (non-hydrogen) atoms. The van der Waals surface area contributed by atoms with Gasteiger partial charge < -0.3 is 5.11 Å². The zero-order valence-electron chi connectivity index (χ0n) is 5.72. The summed E-state index contributed by atoms with van der Waals surface area (Å²) in [5.41, 5.74) is 0. The van der Waals surface area contributed by atoms with Crippen molar-refractivity contribution < 1.29 is 14.3 Å². The molecule has 0 heterocycles. The fourth-order valence-corrected chi connectivity index (χ4v) is 1.06. The average Bonchev–Trinajstić information content (AvgIpc) is 1.82. The van der Waals surface area contributed by atoms with E-state index in [0.29, 0.717) is 0 Å². The normalized spacial score (nSPS) is 27.4. The maximum absolute atomic E-state index is 12.4. The molecule has 1 N–H and O–H groups in total. The molecule has 0 aromatic heterocycles. The third-order valence-electron chi connectivity index (χ3n) is 1.57. The summed E-state index contributed by atoms with van der Waals surface area (Å²) in [6.07, 6.45) is 0.507. The summed E-state index contributed by atoms with van der Waals surface area (Å²) in [5, 5.41) is 8.80. The van der Waals surface area contributed by atoms with E-state index < -0.39 is 11.6 Å². The number of carbonyl (C=O) groups excluding carboxylic acids is 1. The molecule has 1 unspecified atom stereocenters. The molecule has 1 rings (SSSR count). The van der Waals surface area contributed by atoms with Crippen molar-refractivity contribution in [3.8, 4) is 0 Å². The SMILES string of the molecule is CC1CC(=O)C(F)=C(O)C1. The molecule has 2 nitrogen and oxygen atoms in total. The number of aliphatic hydroxyl groups is 1. The molecule has 1 aliphatic carbocycles. The zero-order valence-corrected chi connectivity index (χ0v) is 5.72. The molecule has 0 amide bonds. The molecule has 0 aliphatic heterocycles. The predicted molar refractivity (Wildman–Crippen MR) is 34.2 cm³/mol. The quantitative estimate of drug-likeness (QED) is 0.562. The summed E-state index contributed by atoms with van der Waals surface area (Å²) in [4.78, 5) is 10.6. The van der Waals surface area contributed by atoms with Gasteiger partial charge in [0.2, 0.25) is 5.83 Å². The van der Waals surface area contributed by atoms with Gasteiger partial charge in [-0.15, -0.1) is 0 Å². The highest BCUT2D eigenvalue weighted by Crippen LogP contribution is 2.25. The Kier molecular flexibility index (Phi) is 1.74. The second-order valence-corrected chi connectivity index (χ2v) is 2.70. The van der Waals surface area contributed by atoms with E-state index in [0.717, 1.165) is 0 Å². The van der Waals surface area contributed by atoms with Crippen molar-refractivity contribution in [1.82, 2.24) is 0 Å². The predicted octanol–water partition coefficient (Wildman–Crippen LogP) is 1.72. The van der Waals surface area contributed by atoms with Gasteiger partial charge in [-0.05, 0) is 5.92 Å². The largest absolute Gasteiger partial charge is 0.509 e. The Morgan fingerprint density at radius 1 is 1.60 bits per heavy atom. The number of Topliss-reactive ketones (excluding diaryl/α,β-unsaturated/α-hetero) is 1. The van der Waals surface area contributed by atoms with Gasteiger partial charge in [-0.1, -0.05) is 6.92 Å². The number of allylic oxidation sites excluding steroid dienone is 2. The van der Waals surface area contributed by atoms with Gasteiger partial charge >= 0.3 is 0 Å². The molecule has 0 bridgehead atoms. The van der Waals surface area contributed by atoms with Crippen molar-refractivity contribution >= 4 is 5.78 Å². The maximum atomic E-state index is 12.4. The lowest BCUT2D eigenvalue weighted by Gasteiger charge is -2.14. The molecule has 1 aliphatic rings. The summed E-state index contributed by atoms with van der Waals surface area (Å²) < 4.78 is 12.4. The molecular formula is C7H9FO2. The number of carbonyl (C=O) groups is 1. The first-order valence-electron chi connectivity index (χ1n) is 3.22. The van der Waals surface area contributed by atoms with Crippen LogP contribution in [0.5, 0.6) is 0 Å². The molecule has 0 radical (unpaired) electrons. The Morgan fingerprint density at radius 2 is 2.20 bits per heavy atom. The van der Waals surface area contributed by atoms with Crippen LogP contribution in [0.1, 0.15) is 19.8 Å². The van der Waals surface area contributed by atoms with Crippen molar-refractivity contribution in [2.75, 3.05) is 0 Å². The lowest BCUT2D eigenvalue weighted by molar-refractivity contribution is -0.118. The van der Waals surface area contributed by atoms with E-state index in [1.54, 1.807) is 6.92 Å². The number of hydrogen-bond acceptors (Lipinski definition) is 2. The summed E-state index contributed by atoms with van der Waals surface area (Å²) in [7, 11) is 0. The van der Waals surface area contributed by atoms with E-state index in [2.05, 4.69) is 0 Å². The molecule has 56 valence electrons. The number of aliphatic hydroxyl groups excluding tert-OH is 1. The second-order valence-electron chi connectivity index (χ2n) is 2.70. The lowest BCUT2D eigenvalue weighted by Crippen LogP contribution is -2.14. The molecule has 0 aromatic rings. The van der Waals surface area contributed by atoms with Gasteiger partial charge in [0.1, 0.15) is 5.76 Å². The van der Waals surface area contributed by atoms with Gasteiger partial charge in [-0.3, -0.25) is 4.79 Å². The molecule has 0 fully saturated rings. The van der Waals surface area contributed by atoms with Crippen LogP contribution in [0, 0.1) is 5.92 Å². The number of halogens is 1. The number of hydrogen-bond donors (Lipinski definition) is 1. The Hall–Kier alpha value is -0.860. The fraction of sp³-hybridized carbons (Fsp3) is 0.571. The van der Waals surface area contributed by atoms with Gasteiger partial charge in [-0.2, -0.15) is 4.39 Å². The number of rotatable bonds is 0. The standard InChI is InChI=1S/C7H9FO2/c1-4-2-5(9)7(8)6(10)3-4/h4,9H,2-3H2,1H3. The van der Waals surface area contributed by atoms with Gasteiger partial charge in [-0.25, -0.2) is 0 Å². The monoisotopic (exact) mass is 144 g/mol. The summed E-state index contributed by atoms with van der Waals surface area (Å²) in [5.74, 6) is -1.83. The van der Waals surface area contributed by atoms with Crippen molar-refractivity contribution in [2.24, 2.45) is 5.92 Å². The minimum atomic E-state index is -0.946. The van der Waals surface area contributed by atoms with Gasteiger partial charge in [0, 0.05) is 12.8 Å². The van der Waals surface area contributed by atoms with Crippen LogP contribution < -0.4 is 0 Å². The van der Waals surface area contributed by atoms with Crippen LogP contribution >= 0.6 is 0 Å². The zero-order chi connectivity index (χ0) is 7.72. The summed E-state index contributed by atoms with van der Waals surface area (Å²) in [6.45, 7) is 1.81. The van der Waals surface area contributed by atoms with Crippen molar-refractivity contribution in [3.05, 3.63) is 11.6 Å². The summed E-state index contributed by atoms with van der Waals surface area (Å²) in [6, 6.07) is 0. The van der Waals surface area contributed by atoms with Crippen LogP contribution in [0.4, 0.5) is 4.39 Å². The third kappa shape index (κ3) is 1.17. The van der Waals surface area contributed by atoms with Crippen LogP contribution in [0.3, 0.4) is 0 Å². The van der Waals surface area contributed by atoms with Crippen LogP contribution in [-0.2, 0) is 4.79 Å². The fourth-order valence-electron chi connectivity index (χ4n) is 1.06. The van der Waals surface area contributed by atoms with E-state index in [1.807, 2.05) is 0 Å². The van der Waals surface area contributed by atoms with Crippen molar-refractivity contribution in [1.29, 1.82) is 0 Å². The summed E-state index contributed by atoms with van der Waals surface area (Å²) >= 11 is 0. The van der Waals surface area contributed by atoms with Crippen LogP contribution in [0.15, 0.2) is 11.6 Å². The minimum Gasteiger partial charge on any atom is -0.509 e. The Balaban J connectivity index is 2.85. The smallest absolute Gasteiger partial charge is 0.203 e. The number of ketones is 1. The van der Waals surface area contributed by atoms with Crippen LogP contribution in [0.2, 0.25) is 0 Å². The first kappa shape index (κ1) is 7.25. The molecule has 0 saturated heterocycles. The molecule has 0 aromatic carbocycles. The second kappa shape index (κ2) is 2.40. The van der Waals surface area contributed by atoms with Gasteiger partial charge in [0.25, 0.3) is 0 Å². The lowest BCUT2D eigenvalue weighted by atomic mass is 9.93. The van der Waals surface area contributed by atoms with E-state index in [1.165, 1.54) is 0 Å². The molecule has 0 saturated carbocycles. The highest BCUT2D eigenvalue weighted by atomic mass is 19.1. The Labute approximate surface area is 58.4 Å². The van der Waals surface area contributed by atoms with Crippen LogP contribution in [-0.4, -0.2) is 10.9 Å². The van der Waals surface area contributed by atoms with Gasteiger partial charge in [0.05, 0.1) is 0 Å². The molecule has 3 heteroatoms. The molecular weight excluding hydrogens is 135 g/mol. The van der Waals surface area contributed by atoms with E-state index in [9.17, 15) is 9.18 Å². The topological polar surface area (TPSA) is 37.3 Å². The van der Waals surface area contributed by atoms with E-state index in [4.69, 9.17) is 5.11 Å². The Bertz CT molecular complexity index is 196. The van der Waals surface area contributed by atoms with Gasteiger partial charge in [0.15, 0.2) is 5.78 Å². The maximum Gasteiger partial charge on any atom is 0.203 e. The van der Waals surface area contributed by atoms with Crippen LogP contribution in [0.25, 0.3) is 0 Å². The minimum absolute atomic E-state index is 0.0759. The molecule has 1 atom stereocenters. The first-order chi connectivity index (χ1) is 4.61. The van der Waals surface area contributed by atoms with E-state index in [-0.39, 0.29) is 24.5 Å². The first-order valence-corrected chi connectivity index (χ1v) is 3.22. The van der Waals surface area contributed by atoms with Crippen molar-refractivity contribution in [2.45, 2.75) is 19.8 Å². The van der Waals surface area contributed by atoms with Crippen molar-refractivity contribution in [3.63, 3.8) is 0 Å². The third-order valence-corrected chi connectivity index (χ3v) is 1.57.